The zero-order valence-electron chi connectivity index (χ0n) is 10.5. The van der Waals surface area contributed by atoms with E-state index in [0.717, 1.165) is 10.0 Å². The number of nitrogens with zero attached hydrogens (tertiary/aromatic N) is 1. The van der Waals surface area contributed by atoms with Crippen molar-refractivity contribution in [3.63, 3.8) is 0 Å². The lowest BCUT2D eigenvalue weighted by atomic mass is 10.1. The Hall–Kier alpha value is -1.13. The average molecular weight is 323 g/mol. The molecule has 3 rings (SSSR count). The summed E-state index contributed by atoms with van der Waals surface area (Å²) in [6, 6.07) is 7.18. The Morgan fingerprint density at radius 1 is 1.37 bits per heavy atom. The fourth-order valence-corrected chi connectivity index (χ4v) is 2.91. The van der Waals surface area contributed by atoms with E-state index in [9.17, 15) is 4.39 Å². The van der Waals surface area contributed by atoms with Gasteiger partial charge < -0.3 is 10.3 Å². The van der Waals surface area contributed by atoms with Gasteiger partial charge in [-0.1, -0.05) is 15.9 Å². The molecular formula is C15H16BrFN2. The molecule has 1 saturated carbocycles. The standard InChI is InChI=1S/C15H16BrFN2/c16-13-5-10(6-14(17)7-13)8-19-4-3-12(9-19)15(18)11-1-2-11/h3-7,9,11,15H,1-2,8,18H2. The smallest absolute Gasteiger partial charge is 0.124 e. The van der Waals surface area contributed by atoms with Crippen molar-refractivity contribution in [1.29, 1.82) is 0 Å². The third-order valence-electron chi connectivity index (χ3n) is 3.58. The van der Waals surface area contributed by atoms with Gasteiger partial charge in [0.05, 0.1) is 0 Å². The van der Waals surface area contributed by atoms with Crippen molar-refractivity contribution in [3.8, 4) is 0 Å². The highest BCUT2D eigenvalue weighted by Gasteiger charge is 2.29. The van der Waals surface area contributed by atoms with E-state index >= 15 is 0 Å². The van der Waals surface area contributed by atoms with Crippen molar-refractivity contribution in [1.82, 2.24) is 4.57 Å². The lowest BCUT2D eigenvalue weighted by molar-refractivity contribution is 0.621. The summed E-state index contributed by atoms with van der Waals surface area (Å²) in [4.78, 5) is 0. The Balaban J connectivity index is 1.75. The van der Waals surface area contributed by atoms with E-state index in [1.807, 2.05) is 12.3 Å². The number of halogens is 2. The van der Waals surface area contributed by atoms with Gasteiger partial charge in [-0.15, -0.1) is 0 Å². The summed E-state index contributed by atoms with van der Waals surface area (Å²) >= 11 is 3.31. The first-order valence-electron chi connectivity index (χ1n) is 6.48. The first-order valence-corrected chi connectivity index (χ1v) is 7.27. The Morgan fingerprint density at radius 3 is 2.84 bits per heavy atom. The molecule has 0 amide bonds. The van der Waals surface area contributed by atoms with Crippen LogP contribution in [0.1, 0.15) is 30.0 Å². The predicted molar refractivity (Wildman–Crippen MR) is 77.3 cm³/mol. The van der Waals surface area contributed by atoms with Gasteiger partial charge >= 0.3 is 0 Å². The Morgan fingerprint density at radius 2 is 2.16 bits per heavy atom. The van der Waals surface area contributed by atoms with Crippen LogP contribution in [0.15, 0.2) is 41.1 Å². The molecule has 1 aromatic carbocycles. The monoisotopic (exact) mass is 322 g/mol. The molecule has 100 valence electrons. The van der Waals surface area contributed by atoms with Crippen LogP contribution in [0.2, 0.25) is 0 Å². The van der Waals surface area contributed by atoms with Crippen molar-refractivity contribution in [2.75, 3.05) is 0 Å². The molecule has 0 radical (unpaired) electrons. The van der Waals surface area contributed by atoms with Crippen molar-refractivity contribution in [2.45, 2.75) is 25.4 Å². The highest BCUT2D eigenvalue weighted by atomic mass is 79.9. The van der Waals surface area contributed by atoms with Gasteiger partial charge in [0, 0.05) is 29.5 Å². The van der Waals surface area contributed by atoms with Crippen LogP contribution in [-0.2, 0) is 6.54 Å². The molecule has 0 aliphatic heterocycles. The third-order valence-corrected chi connectivity index (χ3v) is 4.03. The van der Waals surface area contributed by atoms with Gasteiger partial charge in [0.25, 0.3) is 0 Å². The van der Waals surface area contributed by atoms with E-state index in [4.69, 9.17) is 5.73 Å². The molecule has 0 spiro atoms. The highest BCUT2D eigenvalue weighted by Crippen LogP contribution is 2.39. The first-order chi connectivity index (χ1) is 9.11. The number of benzene rings is 1. The molecule has 1 fully saturated rings. The fraction of sp³-hybridized carbons (Fsp3) is 0.333. The van der Waals surface area contributed by atoms with E-state index in [2.05, 4.69) is 32.8 Å². The van der Waals surface area contributed by atoms with Crippen LogP contribution < -0.4 is 5.73 Å². The molecule has 2 nitrogen and oxygen atoms in total. The quantitative estimate of drug-likeness (QED) is 0.910. The molecule has 1 atom stereocenters. The summed E-state index contributed by atoms with van der Waals surface area (Å²) in [7, 11) is 0. The second-order valence-electron chi connectivity index (χ2n) is 5.26. The number of hydrogen-bond donors (Lipinski definition) is 1. The maximum Gasteiger partial charge on any atom is 0.124 e. The Labute approximate surface area is 120 Å². The van der Waals surface area contributed by atoms with Crippen LogP contribution in [-0.4, -0.2) is 4.57 Å². The van der Waals surface area contributed by atoms with E-state index in [0.29, 0.717) is 12.5 Å². The van der Waals surface area contributed by atoms with Crippen molar-refractivity contribution < 1.29 is 4.39 Å². The lowest BCUT2D eigenvalue weighted by Gasteiger charge is -2.08. The molecule has 2 aromatic rings. The second kappa shape index (κ2) is 5.10. The molecule has 0 saturated heterocycles. The minimum Gasteiger partial charge on any atom is -0.350 e. The molecule has 1 heterocycles. The minimum atomic E-state index is -0.216. The Bertz CT molecular complexity index is 569. The fourth-order valence-electron chi connectivity index (χ4n) is 2.40. The molecule has 4 heteroatoms. The van der Waals surface area contributed by atoms with Gasteiger partial charge in [0.1, 0.15) is 5.82 Å². The summed E-state index contributed by atoms with van der Waals surface area (Å²) in [5.74, 6) is 0.436. The highest BCUT2D eigenvalue weighted by molar-refractivity contribution is 9.10. The molecule has 1 aliphatic carbocycles. The maximum absolute atomic E-state index is 13.3. The van der Waals surface area contributed by atoms with Crippen LogP contribution in [0.25, 0.3) is 0 Å². The first kappa shape index (κ1) is 12.9. The number of rotatable bonds is 4. The average Bonchev–Trinajstić information content (AvgIpc) is 3.08. The molecule has 1 unspecified atom stereocenters. The Kier molecular flexibility index (Phi) is 3.46. The SMILES string of the molecule is NC(c1ccn(Cc2cc(F)cc(Br)c2)c1)C1CC1. The molecule has 2 N–H and O–H groups in total. The van der Waals surface area contributed by atoms with Gasteiger partial charge in [-0.3, -0.25) is 0 Å². The van der Waals surface area contributed by atoms with Crippen LogP contribution in [0.3, 0.4) is 0 Å². The molecule has 1 aromatic heterocycles. The minimum absolute atomic E-state index is 0.153. The van der Waals surface area contributed by atoms with Gasteiger partial charge in [0.2, 0.25) is 0 Å². The van der Waals surface area contributed by atoms with Crippen LogP contribution in [0, 0.1) is 11.7 Å². The van der Waals surface area contributed by atoms with E-state index in [1.54, 1.807) is 6.07 Å². The van der Waals surface area contributed by atoms with Crippen molar-refractivity contribution in [3.05, 3.63) is 58.1 Å². The summed E-state index contributed by atoms with van der Waals surface area (Å²) in [5, 5.41) is 0. The summed E-state index contributed by atoms with van der Waals surface area (Å²) in [6.07, 6.45) is 6.56. The van der Waals surface area contributed by atoms with Crippen LogP contribution in [0.4, 0.5) is 4.39 Å². The van der Waals surface area contributed by atoms with Gasteiger partial charge in [-0.2, -0.15) is 0 Å². The molecular weight excluding hydrogens is 307 g/mol. The summed E-state index contributed by atoms with van der Waals surface area (Å²) < 4.78 is 16.1. The van der Waals surface area contributed by atoms with Gasteiger partial charge in [-0.25, -0.2) is 4.39 Å². The third kappa shape index (κ3) is 3.07. The molecule has 0 bridgehead atoms. The van der Waals surface area contributed by atoms with Crippen molar-refractivity contribution in [2.24, 2.45) is 11.7 Å². The zero-order valence-corrected chi connectivity index (χ0v) is 12.1. The van der Waals surface area contributed by atoms with Crippen LogP contribution >= 0.6 is 15.9 Å². The number of nitrogens with two attached hydrogens (primary N) is 1. The van der Waals surface area contributed by atoms with Gasteiger partial charge in [0.15, 0.2) is 0 Å². The maximum atomic E-state index is 13.3. The summed E-state index contributed by atoms with van der Waals surface area (Å²) in [5.41, 5.74) is 8.29. The molecule has 19 heavy (non-hydrogen) atoms. The predicted octanol–water partition coefficient (Wildman–Crippen LogP) is 3.85. The largest absolute Gasteiger partial charge is 0.350 e. The number of hydrogen-bond acceptors (Lipinski definition) is 1. The second-order valence-corrected chi connectivity index (χ2v) is 6.17. The van der Waals surface area contributed by atoms with E-state index in [1.165, 1.54) is 24.5 Å². The number of aromatic nitrogens is 1. The lowest BCUT2D eigenvalue weighted by Crippen LogP contribution is -2.11. The van der Waals surface area contributed by atoms with Crippen molar-refractivity contribution >= 4 is 15.9 Å². The van der Waals surface area contributed by atoms with E-state index in [-0.39, 0.29) is 11.9 Å². The normalized spacial score (nSPS) is 16.6. The zero-order chi connectivity index (χ0) is 13.4. The van der Waals surface area contributed by atoms with Gasteiger partial charge in [-0.05, 0) is 54.2 Å². The summed E-state index contributed by atoms with van der Waals surface area (Å²) in [6.45, 7) is 0.660. The van der Waals surface area contributed by atoms with Crippen LogP contribution in [0.5, 0.6) is 0 Å². The molecule has 1 aliphatic rings. The topological polar surface area (TPSA) is 30.9 Å². The van der Waals surface area contributed by atoms with E-state index < -0.39 is 0 Å².